The summed E-state index contributed by atoms with van der Waals surface area (Å²) >= 11 is 0. The number of alkyl halides is 3. The van der Waals surface area contributed by atoms with Crippen LogP contribution in [0.3, 0.4) is 0 Å². The first-order valence-corrected chi connectivity index (χ1v) is 7.75. The van der Waals surface area contributed by atoms with Crippen LogP contribution >= 0.6 is 0 Å². The Morgan fingerprint density at radius 3 is 2.37 bits per heavy atom. The molecule has 0 N–H and O–H groups in total. The fraction of sp³-hybridized carbons (Fsp3) is 0.105. The second-order valence-electron chi connectivity index (χ2n) is 5.40. The van der Waals surface area contributed by atoms with Gasteiger partial charge in [0.25, 0.3) is 0 Å². The molecule has 0 unspecified atom stereocenters. The number of hydrogen-bond donors (Lipinski definition) is 0. The van der Waals surface area contributed by atoms with E-state index >= 15 is 0 Å². The van der Waals surface area contributed by atoms with Crippen molar-refractivity contribution in [3.63, 3.8) is 0 Å². The lowest BCUT2D eigenvalue weighted by molar-refractivity contribution is -0.0581. The number of aliphatic imine (C=N–C) groups is 1. The summed E-state index contributed by atoms with van der Waals surface area (Å²) in [4.78, 5) is 19.1. The fourth-order valence-corrected chi connectivity index (χ4v) is 2.35. The van der Waals surface area contributed by atoms with Gasteiger partial charge in [-0.15, -0.1) is 0 Å². The maximum atomic E-state index is 13.3. The number of carbonyl (C=O) groups excluding carboxylic acids is 1. The predicted molar refractivity (Wildman–Crippen MR) is 93.4 cm³/mol. The molecule has 2 aromatic carbocycles. The summed E-state index contributed by atoms with van der Waals surface area (Å²) in [6.07, 6.45) is -6.26. The fourth-order valence-electron chi connectivity index (χ4n) is 2.35. The van der Waals surface area contributed by atoms with Gasteiger partial charge in [-0.05, 0) is 36.4 Å². The molecule has 1 amide bonds. The molecule has 5 nitrogen and oxygen atoms in total. The summed E-state index contributed by atoms with van der Waals surface area (Å²) in [7, 11) is 1.39. The number of pyridine rings is 1. The highest BCUT2D eigenvalue weighted by atomic mass is 19.4. The molecule has 0 radical (unpaired) electrons. The zero-order chi connectivity index (χ0) is 19.4. The zero-order valence-corrected chi connectivity index (χ0v) is 14.0. The molecule has 0 aliphatic carbocycles. The molecule has 0 aliphatic heterocycles. The van der Waals surface area contributed by atoms with Crippen LogP contribution < -0.4 is 9.47 Å². The van der Waals surface area contributed by atoms with Gasteiger partial charge in [-0.25, -0.2) is 9.78 Å². The number of para-hydroxylation sites is 1. The van der Waals surface area contributed by atoms with Crippen LogP contribution in [0.1, 0.15) is 5.56 Å². The maximum absolute atomic E-state index is 13.3. The van der Waals surface area contributed by atoms with E-state index in [0.717, 1.165) is 17.5 Å². The van der Waals surface area contributed by atoms with Crippen LogP contribution in [0.4, 0.5) is 18.0 Å². The molecule has 0 atom stereocenters. The molecule has 0 bridgehead atoms. The van der Waals surface area contributed by atoms with Gasteiger partial charge in [0.2, 0.25) is 5.88 Å². The number of amides is 1. The van der Waals surface area contributed by atoms with Gasteiger partial charge in [0.05, 0.1) is 12.6 Å². The van der Waals surface area contributed by atoms with Crippen molar-refractivity contribution >= 4 is 22.7 Å². The molecule has 138 valence electrons. The van der Waals surface area contributed by atoms with Crippen molar-refractivity contribution in [2.75, 3.05) is 7.11 Å². The Kier molecular flexibility index (Phi) is 5.07. The van der Waals surface area contributed by atoms with E-state index in [1.165, 1.54) is 25.3 Å². The third-order valence-corrected chi connectivity index (χ3v) is 3.60. The average Bonchev–Trinajstić information content (AvgIpc) is 2.65. The Labute approximate surface area is 152 Å². The standard InChI is InChI=1S/C19H13F3N2O3/c1-26-14-9-6-13(7-10-14)17(19(20,21)22)24-18(25)27-16-11-8-12-4-2-3-5-15(12)23-16/h2-11H,1H3/b24-17-. The number of rotatable bonds is 3. The molecular weight excluding hydrogens is 361 g/mol. The Balaban J connectivity index is 1.87. The number of aromatic nitrogens is 1. The van der Waals surface area contributed by atoms with Crippen LogP contribution in [-0.4, -0.2) is 30.1 Å². The number of halogens is 3. The lowest BCUT2D eigenvalue weighted by Crippen LogP contribution is -2.26. The maximum Gasteiger partial charge on any atom is 0.440 e. The molecule has 0 aliphatic rings. The van der Waals surface area contributed by atoms with Crippen LogP contribution in [0.25, 0.3) is 10.9 Å². The quantitative estimate of drug-likeness (QED) is 0.618. The Bertz CT molecular complexity index is 999. The number of benzene rings is 2. The first-order chi connectivity index (χ1) is 12.9. The van der Waals surface area contributed by atoms with Crippen molar-refractivity contribution in [3.8, 4) is 11.6 Å². The first-order valence-electron chi connectivity index (χ1n) is 7.75. The highest BCUT2D eigenvalue weighted by molar-refractivity contribution is 6.09. The van der Waals surface area contributed by atoms with Gasteiger partial charge in [-0.3, -0.25) is 0 Å². The van der Waals surface area contributed by atoms with Gasteiger partial charge >= 0.3 is 12.3 Å². The lowest BCUT2D eigenvalue weighted by Gasteiger charge is -2.11. The summed E-state index contributed by atoms with van der Waals surface area (Å²) in [5.74, 6) is 0.238. The molecule has 27 heavy (non-hydrogen) atoms. The minimum Gasteiger partial charge on any atom is -0.497 e. The number of hydrogen-bond acceptors (Lipinski definition) is 4. The van der Waals surface area contributed by atoms with Crippen molar-refractivity contribution in [3.05, 3.63) is 66.2 Å². The second-order valence-corrected chi connectivity index (χ2v) is 5.40. The van der Waals surface area contributed by atoms with E-state index in [-0.39, 0.29) is 11.4 Å². The number of nitrogens with zero attached hydrogens (tertiary/aromatic N) is 2. The molecule has 1 aromatic heterocycles. The normalized spacial score (nSPS) is 12.1. The van der Waals surface area contributed by atoms with Gasteiger partial charge in [-0.2, -0.15) is 18.2 Å². The molecule has 3 aromatic rings. The van der Waals surface area contributed by atoms with E-state index < -0.39 is 18.0 Å². The topological polar surface area (TPSA) is 60.8 Å². The molecule has 0 fully saturated rings. The summed E-state index contributed by atoms with van der Waals surface area (Å²) in [6.45, 7) is 0. The summed E-state index contributed by atoms with van der Waals surface area (Å²) < 4.78 is 49.7. The predicted octanol–water partition coefficient (Wildman–Crippen LogP) is 4.79. The largest absolute Gasteiger partial charge is 0.497 e. The van der Waals surface area contributed by atoms with Crippen molar-refractivity contribution in [1.82, 2.24) is 4.98 Å². The molecular formula is C19H13F3N2O3. The first kappa shape index (κ1) is 18.4. The Morgan fingerprint density at radius 1 is 1.00 bits per heavy atom. The Hall–Kier alpha value is -3.42. The molecule has 0 saturated carbocycles. The van der Waals surface area contributed by atoms with Crippen LogP contribution in [0.15, 0.2) is 65.7 Å². The van der Waals surface area contributed by atoms with Crippen molar-refractivity contribution < 1.29 is 27.4 Å². The third kappa shape index (κ3) is 4.41. The monoisotopic (exact) mass is 374 g/mol. The minimum atomic E-state index is -4.84. The van der Waals surface area contributed by atoms with E-state index in [2.05, 4.69) is 9.98 Å². The Morgan fingerprint density at radius 2 is 1.70 bits per heavy atom. The van der Waals surface area contributed by atoms with E-state index in [9.17, 15) is 18.0 Å². The van der Waals surface area contributed by atoms with Crippen LogP contribution in [0.5, 0.6) is 11.6 Å². The van der Waals surface area contributed by atoms with Gasteiger partial charge in [0, 0.05) is 17.0 Å². The molecule has 0 saturated heterocycles. The van der Waals surface area contributed by atoms with Crippen molar-refractivity contribution in [1.29, 1.82) is 0 Å². The van der Waals surface area contributed by atoms with E-state index in [1.807, 2.05) is 6.07 Å². The van der Waals surface area contributed by atoms with Gasteiger partial charge in [0.1, 0.15) is 5.75 Å². The van der Waals surface area contributed by atoms with Crippen molar-refractivity contribution in [2.24, 2.45) is 4.99 Å². The van der Waals surface area contributed by atoms with E-state index in [4.69, 9.17) is 9.47 Å². The highest BCUT2D eigenvalue weighted by Crippen LogP contribution is 2.25. The molecule has 1 heterocycles. The highest BCUT2D eigenvalue weighted by Gasteiger charge is 2.37. The van der Waals surface area contributed by atoms with Gasteiger partial charge < -0.3 is 9.47 Å². The van der Waals surface area contributed by atoms with Crippen LogP contribution in [0, 0.1) is 0 Å². The summed E-state index contributed by atoms with van der Waals surface area (Å²) in [6, 6.07) is 15.1. The SMILES string of the molecule is COc1ccc(/C(=N/C(=O)Oc2ccc3ccccc3n2)C(F)(F)F)cc1. The van der Waals surface area contributed by atoms with Crippen LogP contribution in [-0.2, 0) is 0 Å². The summed E-state index contributed by atoms with van der Waals surface area (Å²) in [5, 5.41) is 0.801. The minimum absolute atomic E-state index is 0.140. The smallest absolute Gasteiger partial charge is 0.440 e. The average molecular weight is 374 g/mol. The van der Waals surface area contributed by atoms with Gasteiger partial charge in [0.15, 0.2) is 5.71 Å². The number of carbonyl (C=O) groups is 1. The van der Waals surface area contributed by atoms with Crippen molar-refractivity contribution in [2.45, 2.75) is 6.18 Å². The number of methoxy groups -OCH3 is 1. The zero-order valence-electron chi connectivity index (χ0n) is 14.0. The second kappa shape index (κ2) is 7.45. The van der Waals surface area contributed by atoms with Crippen LogP contribution in [0.2, 0.25) is 0 Å². The van der Waals surface area contributed by atoms with Gasteiger partial charge in [-0.1, -0.05) is 18.2 Å². The summed E-state index contributed by atoms with van der Waals surface area (Å²) in [5.41, 5.74) is -1.11. The number of fused-ring (bicyclic) bond motifs is 1. The van der Waals surface area contributed by atoms with E-state index in [1.54, 1.807) is 24.3 Å². The molecule has 8 heteroatoms. The molecule has 3 rings (SSSR count). The number of ether oxygens (including phenoxy) is 2. The van der Waals surface area contributed by atoms with E-state index in [0.29, 0.717) is 11.3 Å². The molecule has 0 spiro atoms. The third-order valence-electron chi connectivity index (χ3n) is 3.60. The lowest BCUT2D eigenvalue weighted by atomic mass is 10.1.